The Balaban J connectivity index is 1.44. The summed E-state index contributed by atoms with van der Waals surface area (Å²) < 4.78 is 31.7. The normalized spacial score (nSPS) is 14.1. The minimum Gasteiger partial charge on any atom is -0.488 e. The number of carbonyl (C=O) groups is 2. The summed E-state index contributed by atoms with van der Waals surface area (Å²) in [4.78, 5) is 27.5. The maximum Gasteiger partial charge on any atom is 0.227 e. The molecule has 1 atom stereocenters. The van der Waals surface area contributed by atoms with Crippen LogP contribution in [0.25, 0.3) is 0 Å². The molecule has 0 saturated carbocycles. The number of fused-ring (bicyclic) bond motifs is 1. The van der Waals surface area contributed by atoms with Gasteiger partial charge in [0, 0.05) is 36.1 Å². The predicted molar refractivity (Wildman–Crippen MR) is 108 cm³/mol. The van der Waals surface area contributed by atoms with Crippen LogP contribution in [0.3, 0.4) is 0 Å². The topological polar surface area (TPSA) is 58.6 Å². The number of halogens is 2. The van der Waals surface area contributed by atoms with Gasteiger partial charge in [0.15, 0.2) is 11.6 Å². The average Bonchev–Trinajstić information content (AvgIpc) is 2.71. The van der Waals surface area contributed by atoms with Crippen LogP contribution >= 0.6 is 11.8 Å². The van der Waals surface area contributed by atoms with Crippen molar-refractivity contribution in [1.29, 1.82) is 0 Å². The molecule has 0 spiro atoms. The number of hydrogen-bond acceptors (Lipinski definition) is 4. The van der Waals surface area contributed by atoms with Crippen LogP contribution in [0.1, 0.15) is 19.8 Å². The van der Waals surface area contributed by atoms with E-state index in [1.54, 1.807) is 23.6 Å². The highest BCUT2D eigenvalue weighted by Crippen LogP contribution is 2.34. The molecule has 1 aliphatic heterocycles. The second kappa shape index (κ2) is 9.73. The number of thioether (sulfide) groups is 1. The van der Waals surface area contributed by atoms with Crippen LogP contribution in [-0.2, 0) is 9.59 Å². The number of rotatable bonds is 7. The largest absolute Gasteiger partial charge is 0.488 e. The van der Waals surface area contributed by atoms with E-state index in [1.807, 2.05) is 24.3 Å². The number of para-hydroxylation sites is 1. The van der Waals surface area contributed by atoms with E-state index in [0.29, 0.717) is 6.54 Å². The van der Waals surface area contributed by atoms with E-state index in [0.717, 1.165) is 28.5 Å². The SMILES string of the molecule is CC(COc1ccc(F)cc1F)NC(=O)CCC(=O)N1CCSc2ccccc21. The standard InChI is InChI=1S/C21H22F2N2O3S/c1-14(13-28-18-7-6-15(22)12-16(18)23)24-20(26)8-9-21(27)25-10-11-29-19-5-3-2-4-17(19)25/h2-7,12,14H,8-11,13H2,1H3,(H,24,26). The fourth-order valence-corrected chi connectivity index (χ4v) is 3.97. The van der Waals surface area contributed by atoms with Crippen LogP contribution in [0, 0.1) is 11.6 Å². The zero-order chi connectivity index (χ0) is 20.8. The number of anilines is 1. The van der Waals surface area contributed by atoms with E-state index in [4.69, 9.17) is 4.74 Å². The summed E-state index contributed by atoms with van der Waals surface area (Å²) in [6, 6.07) is 10.4. The first-order valence-electron chi connectivity index (χ1n) is 9.33. The van der Waals surface area contributed by atoms with Crippen LogP contribution in [0.2, 0.25) is 0 Å². The molecular formula is C21H22F2N2O3S. The summed E-state index contributed by atoms with van der Waals surface area (Å²) in [6.07, 6.45) is 0.158. The van der Waals surface area contributed by atoms with Gasteiger partial charge in [-0.2, -0.15) is 0 Å². The Hall–Kier alpha value is -2.61. The number of ether oxygens (including phenoxy) is 1. The Morgan fingerprint density at radius 2 is 2.00 bits per heavy atom. The molecule has 5 nitrogen and oxygen atoms in total. The number of nitrogens with one attached hydrogen (secondary N) is 1. The maximum atomic E-state index is 13.6. The van der Waals surface area contributed by atoms with E-state index in [1.165, 1.54) is 6.07 Å². The molecule has 0 aromatic heterocycles. The Morgan fingerprint density at radius 1 is 1.21 bits per heavy atom. The van der Waals surface area contributed by atoms with Crippen molar-refractivity contribution in [2.24, 2.45) is 0 Å². The molecule has 2 aromatic carbocycles. The molecule has 2 aromatic rings. The van der Waals surface area contributed by atoms with Gasteiger partial charge < -0.3 is 15.0 Å². The van der Waals surface area contributed by atoms with Crippen LogP contribution in [0.5, 0.6) is 5.75 Å². The summed E-state index contributed by atoms with van der Waals surface area (Å²) in [5, 5.41) is 2.72. The van der Waals surface area contributed by atoms with E-state index in [9.17, 15) is 18.4 Å². The molecule has 2 amide bonds. The first kappa shape index (κ1) is 21.1. The summed E-state index contributed by atoms with van der Waals surface area (Å²) in [5.74, 6) is -1.11. The molecule has 0 fully saturated rings. The van der Waals surface area contributed by atoms with Crippen molar-refractivity contribution >= 4 is 29.3 Å². The predicted octanol–water partition coefficient (Wildman–Crippen LogP) is 3.77. The van der Waals surface area contributed by atoms with E-state index < -0.39 is 17.7 Å². The van der Waals surface area contributed by atoms with Gasteiger partial charge in [-0.05, 0) is 31.2 Å². The average molecular weight is 420 g/mol. The molecule has 0 aliphatic carbocycles. The first-order chi connectivity index (χ1) is 13.9. The minimum absolute atomic E-state index is 0.0267. The van der Waals surface area contributed by atoms with E-state index in [-0.39, 0.29) is 37.0 Å². The lowest BCUT2D eigenvalue weighted by Gasteiger charge is -2.29. The van der Waals surface area contributed by atoms with Gasteiger partial charge in [0.05, 0.1) is 11.7 Å². The summed E-state index contributed by atoms with van der Waals surface area (Å²) in [6.45, 7) is 2.35. The third-order valence-corrected chi connectivity index (χ3v) is 5.43. The second-order valence-corrected chi connectivity index (χ2v) is 7.85. The molecule has 3 rings (SSSR count). The van der Waals surface area contributed by atoms with Crippen LogP contribution in [-0.4, -0.2) is 36.8 Å². The molecule has 0 saturated heterocycles. The van der Waals surface area contributed by atoms with Gasteiger partial charge in [-0.1, -0.05) is 12.1 Å². The summed E-state index contributed by atoms with van der Waals surface area (Å²) >= 11 is 1.71. The Bertz CT molecular complexity index is 894. The first-order valence-corrected chi connectivity index (χ1v) is 10.3. The van der Waals surface area contributed by atoms with Crippen LogP contribution in [0.15, 0.2) is 47.4 Å². The Labute approximate surface area is 172 Å². The van der Waals surface area contributed by atoms with Crippen LogP contribution in [0.4, 0.5) is 14.5 Å². The smallest absolute Gasteiger partial charge is 0.227 e. The minimum atomic E-state index is -0.797. The third kappa shape index (κ3) is 5.69. The van der Waals surface area contributed by atoms with Crippen molar-refractivity contribution in [3.05, 3.63) is 54.1 Å². The number of nitrogens with zero attached hydrogens (tertiary/aromatic N) is 1. The lowest BCUT2D eigenvalue weighted by atomic mass is 10.2. The highest BCUT2D eigenvalue weighted by Gasteiger charge is 2.23. The summed E-state index contributed by atoms with van der Waals surface area (Å²) in [7, 11) is 0. The molecule has 8 heteroatoms. The molecule has 154 valence electrons. The van der Waals surface area contributed by atoms with E-state index >= 15 is 0 Å². The number of amides is 2. The quantitative estimate of drug-likeness (QED) is 0.741. The Kier molecular flexibility index (Phi) is 7.09. The van der Waals surface area contributed by atoms with Gasteiger partial charge in [0.1, 0.15) is 12.4 Å². The zero-order valence-electron chi connectivity index (χ0n) is 16.0. The van der Waals surface area contributed by atoms with Crippen molar-refractivity contribution in [2.75, 3.05) is 23.8 Å². The molecule has 0 radical (unpaired) electrons. The highest BCUT2D eigenvalue weighted by atomic mass is 32.2. The van der Waals surface area contributed by atoms with Crippen molar-refractivity contribution < 1.29 is 23.1 Å². The number of carbonyl (C=O) groups excluding carboxylic acids is 2. The zero-order valence-corrected chi connectivity index (χ0v) is 16.8. The molecule has 29 heavy (non-hydrogen) atoms. The molecule has 1 aliphatic rings. The van der Waals surface area contributed by atoms with Crippen molar-refractivity contribution in [1.82, 2.24) is 5.32 Å². The van der Waals surface area contributed by atoms with Gasteiger partial charge in [-0.25, -0.2) is 8.78 Å². The van der Waals surface area contributed by atoms with Crippen LogP contribution < -0.4 is 15.0 Å². The van der Waals surface area contributed by atoms with Crippen molar-refractivity contribution in [3.63, 3.8) is 0 Å². The monoisotopic (exact) mass is 420 g/mol. The lowest BCUT2D eigenvalue weighted by molar-refractivity contribution is -0.125. The fraction of sp³-hybridized carbons (Fsp3) is 0.333. The second-order valence-electron chi connectivity index (χ2n) is 6.72. The number of hydrogen-bond donors (Lipinski definition) is 1. The molecular weight excluding hydrogens is 398 g/mol. The maximum absolute atomic E-state index is 13.6. The third-order valence-electron chi connectivity index (χ3n) is 4.39. The number of benzene rings is 2. The Morgan fingerprint density at radius 3 is 2.79 bits per heavy atom. The molecule has 1 N–H and O–H groups in total. The van der Waals surface area contributed by atoms with Gasteiger partial charge in [0.2, 0.25) is 11.8 Å². The highest BCUT2D eigenvalue weighted by molar-refractivity contribution is 7.99. The summed E-state index contributed by atoms with van der Waals surface area (Å²) in [5.41, 5.74) is 0.886. The molecule has 1 unspecified atom stereocenters. The van der Waals surface area contributed by atoms with Gasteiger partial charge >= 0.3 is 0 Å². The van der Waals surface area contributed by atoms with Gasteiger partial charge in [0.25, 0.3) is 0 Å². The molecule has 1 heterocycles. The lowest BCUT2D eigenvalue weighted by Crippen LogP contribution is -2.39. The van der Waals surface area contributed by atoms with Gasteiger partial charge in [-0.3, -0.25) is 9.59 Å². The molecule has 0 bridgehead atoms. The van der Waals surface area contributed by atoms with Crippen molar-refractivity contribution in [2.45, 2.75) is 30.7 Å². The van der Waals surface area contributed by atoms with Gasteiger partial charge in [-0.15, -0.1) is 11.8 Å². The van der Waals surface area contributed by atoms with Crippen molar-refractivity contribution in [3.8, 4) is 5.75 Å². The van der Waals surface area contributed by atoms with E-state index in [2.05, 4.69) is 5.32 Å². The fourth-order valence-electron chi connectivity index (χ4n) is 2.98.